The molecule has 3 rings (SSSR count). The molecule has 1 amide bonds. The molecule has 2 fully saturated rings. The predicted octanol–water partition coefficient (Wildman–Crippen LogP) is 3.30. The normalized spacial score (nSPS) is 18.4. The number of nitrogens with zero attached hydrogens (tertiary/aromatic N) is 3. The van der Waals surface area contributed by atoms with Crippen molar-refractivity contribution in [2.45, 2.75) is 19.0 Å². The van der Waals surface area contributed by atoms with Crippen LogP contribution in [0.15, 0.2) is 18.2 Å². The molecule has 1 aromatic rings. The fourth-order valence-corrected chi connectivity index (χ4v) is 3.82. The van der Waals surface area contributed by atoms with Gasteiger partial charge in [-0.2, -0.15) is 13.2 Å². The van der Waals surface area contributed by atoms with Crippen molar-refractivity contribution in [2.24, 2.45) is 0 Å². The largest absolute Gasteiger partial charge is 0.416 e. The number of halogens is 4. The van der Waals surface area contributed by atoms with Crippen LogP contribution in [-0.2, 0) is 11.0 Å². The highest BCUT2D eigenvalue weighted by molar-refractivity contribution is 7.80. The molecule has 0 radical (unpaired) electrons. The second-order valence-electron chi connectivity index (χ2n) is 6.97. The SMILES string of the molecule is O=C(CN1CCN(C(=S)Nc2cc(C(F)(F)F)ccc2Cl)CC1)N1CCCC1. The molecule has 0 aliphatic carbocycles. The number of amides is 1. The average Bonchev–Trinajstić information content (AvgIpc) is 3.18. The Bertz CT molecular complexity index is 732. The van der Waals surface area contributed by atoms with Gasteiger partial charge in [0.1, 0.15) is 0 Å². The van der Waals surface area contributed by atoms with E-state index in [9.17, 15) is 18.0 Å². The lowest BCUT2D eigenvalue weighted by atomic mass is 10.2. The lowest BCUT2D eigenvalue weighted by Gasteiger charge is -2.36. The van der Waals surface area contributed by atoms with Crippen molar-refractivity contribution < 1.29 is 18.0 Å². The standard InChI is InChI=1S/C18H22ClF3N4OS/c19-14-4-3-13(18(20,21)22)11-15(14)23-17(28)26-9-7-24(8-10-26)12-16(27)25-5-1-2-6-25/h3-4,11H,1-2,5-10,12H2,(H,23,28). The molecule has 0 unspecified atom stereocenters. The van der Waals surface area contributed by atoms with Crippen LogP contribution in [0.3, 0.4) is 0 Å². The minimum atomic E-state index is -4.45. The second-order valence-corrected chi connectivity index (χ2v) is 7.77. The molecule has 28 heavy (non-hydrogen) atoms. The Morgan fingerprint density at radius 1 is 1.07 bits per heavy atom. The summed E-state index contributed by atoms with van der Waals surface area (Å²) in [7, 11) is 0. The van der Waals surface area contributed by atoms with Gasteiger partial charge in [0, 0.05) is 39.3 Å². The van der Waals surface area contributed by atoms with Gasteiger partial charge in [-0.3, -0.25) is 9.69 Å². The summed E-state index contributed by atoms with van der Waals surface area (Å²) in [6.07, 6.45) is -2.31. The van der Waals surface area contributed by atoms with Gasteiger partial charge in [-0.1, -0.05) is 11.6 Å². The average molecular weight is 435 g/mol. The summed E-state index contributed by atoms with van der Waals surface area (Å²) < 4.78 is 38.7. The van der Waals surface area contributed by atoms with Crippen molar-refractivity contribution in [1.82, 2.24) is 14.7 Å². The zero-order valence-electron chi connectivity index (χ0n) is 15.3. The van der Waals surface area contributed by atoms with E-state index in [-0.39, 0.29) is 16.6 Å². The second kappa shape index (κ2) is 8.84. The van der Waals surface area contributed by atoms with Gasteiger partial charge in [0.25, 0.3) is 0 Å². The van der Waals surface area contributed by atoms with Crippen molar-refractivity contribution in [1.29, 1.82) is 0 Å². The molecule has 154 valence electrons. The summed E-state index contributed by atoms with van der Waals surface area (Å²) in [5.41, 5.74) is -0.652. The quantitative estimate of drug-likeness (QED) is 0.739. The Labute approximate surface area is 172 Å². The van der Waals surface area contributed by atoms with E-state index in [1.807, 2.05) is 9.80 Å². The Kier molecular flexibility index (Phi) is 6.67. The van der Waals surface area contributed by atoms with E-state index >= 15 is 0 Å². The molecule has 0 bridgehead atoms. The van der Waals surface area contributed by atoms with E-state index in [2.05, 4.69) is 10.2 Å². The number of carbonyl (C=O) groups excluding carboxylic acids is 1. The highest BCUT2D eigenvalue weighted by Crippen LogP contribution is 2.34. The van der Waals surface area contributed by atoms with Crippen LogP contribution >= 0.6 is 23.8 Å². The smallest absolute Gasteiger partial charge is 0.346 e. The third kappa shape index (κ3) is 5.27. The first-order valence-corrected chi connectivity index (χ1v) is 9.95. The first-order chi connectivity index (χ1) is 13.2. The molecule has 2 saturated heterocycles. The van der Waals surface area contributed by atoms with E-state index in [4.69, 9.17) is 23.8 Å². The van der Waals surface area contributed by atoms with E-state index in [0.29, 0.717) is 37.8 Å². The van der Waals surface area contributed by atoms with Gasteiger partial charge < -0.3 is 15.1 Å². The number of likely N-dealkylation sites (tertiary alicyclic amines) is 1. The first kappa shape index (κ1) is 21.1. The van der Waals surface area contributed by atoms with Gasteiger partial charge in [0.2, 0.25) is 5.91 Å². The summed E-state index contributed by atoms with van der Waals surface area (Å²) in [5.74, 6) is 0.155. The van der Waals surface area contributed by atoms with Crippen molar-refractivity contribution in [2.75, 3.05) is 51.1 Å². The molecule has 10 heteroatoms. The molecule has 1 aromatic carbocycles. The third-order valence-electron chi connectivity index (χ3n) is 5.01. The number of hydrogen-bond donors (Lipinski definition) is 1. The monoisotopic (exact) mass is 434 g/mol. The van der Waals surface area contributed by atoms with Gasteiger partial charge in [-0.05, 0) is 43.3 Å². The minimum absolute atomic E-state index is 0.133. The lowest BCUT2D eigenvalue weighted by molar-refractivity contribution is -0.137. The maximum atomic E-state index is 12.9. The molecule has 0 saturated carbocycles. The van der Waals surface area contributed by atoms with Crippen molar-refractivity contribution in [3.8, 4) is 0 Å². The number of thiocarbonyl (C=S) groups is 1. The zero-order valence-corrected chi connectivity index (χ0v) is 16.8. The molecular formula is C18H22ClF3N4OS. The van der Waals surface area contributed by atoms with Gasteiger partial charge in [-0.25, -0.2) is 0 Å². The van der Waals surface area contributed by atoms with Crippen molar-refractivity contribution in [3.05, 3.63) is 28.8 Å². The molecule has 2 aliphatic rings. The summed E-state index contributed by atoms with van der Waals surface area (Å²) >= 11 is 11.4. The maximum absolute atomic E-state index is 12.9. The number of hydrogen-bond acceptors (Lipinski definition) is 3. The minimum Gasteiger partial charge on any atom is -0.346 e. The number of nitrogens with one attached hydrogen (secondary N) is 1. The van der Waals surface area contributed by atoms with Crippen LogP contribution in [0.4, 0.5) is 18.9 Å². The molecule has 2 heterocycles. The van der Waals surface area contributed by atoms with E-state index in [1.165, 1.54) is 6.07 Å². The van der Waals surface area contributed by atoms with Gasteiger partial charge in [0.05, 0.1) is 22.8 Å². The molecule has 0 aromatic heterocycles. The van der Waals surface area contributed by atoms with Crippen LogP contribution in [-0.4, -0.2) is 71.5 Å². The summed E-state index contributed by atoms with van der Waals surface area (Å²) in [4.78, 5) is 18.1. The fraction of sp³-hybridized carbons (Fsp3) is 0.556. The Morgan fingerprint density at radius 2 is 1.71 bits per heavy atom. The molecule has 5 nitrogen and oxygen atoms in total. The van der Waals surface area contributed by atoms with E-state index in [0.717, 1.165) is 38.1 Å². The predicted molar refractivity (Wildman–Crippen MR) is 107 cm³/mol. The molecule has 0 atom stereocenters. The van der Waals surface area contributed by atoms with Gasteiger partial charge >= 0.3 is 6.18 Å². The van der Waals surface area contributed by atoms with Crippen LogP contribution in [0, 0.1) is 0 Å². The summed E-state index contributed by atoms with van der Waals surface area (Å²) in [6, 6.07) is 3.10. The molecule has 0 spiro atoms. The fourth-order valence-electron chi connectivity index (χ4n) is 3.36. The first-order valence-electron chi connectivity index (χ1n) is 9.17. The molecule has 1 N–H and O–H groups in total. The maximum Gasteiger partial charge on any atom is 0.416 e. The number of rotatable bonds is 3. The van der Waals surface area contributed by atoms with Crippen LogP contribution in [0.25, 0.3) is 0 Å². The van der Waals surface area contributed by atoms with E-state index < -0.39 is 11.7 Å². The van der Waals surface area contributed by atoms with Crippen LogP contribution < -0.4 is 5.32 Å². The number of benzene rings is 1. The number of carbonyl (C=O) groups is 1. The number of piperazine rings is 1. The van der Waals surface area contributed by atoms with Crippen LogP contribution in [0.1, 0.15) is 18.4 Å². The Balaban J connectivity index is 1.52. The number of alkyl halides is 3. The lowest BCUT2D eigenvalue weighted by Crippen LogP contribution is -2.52. The van der Waals surface area contributed by atoms with Gasteiger partial charge in [0.15, 0.2) is 5.11 Å². The summed E-state index contributed by atoms with van der Waals surface area (Å²) in [5, 5.41) is 3.32. The Morgan fingerprint density at radius 3 is 2.32 bits per heavy atom. The summed E-state index contributed by atoms with van der Waals surface area (Å²) in [6.45, 7) is 4.59. The van der Waals surface area contributed by atoms with Crippen LogP contribution in [0.5, 0.6) is 0 Å². The van der Waals surface area contributed by atoms with E-state index in [1.54, 1.807) is 0 Å². The molecular weight excluding hydrogens is 413 g/mol. The van der Waals surface area contributed by atoms with Crippen molar-refractivity contribution in [3.63, 3.8) is 0 Å². The molecule has 2 aliphatic heterocycles. The highest BCUT2D eigenvalue weighted by Gasteiger charge is 2.31. The highest BCUT2D eigenvalue weighted by atomic mass is 35.5. The van der Waals surface area contributed by atoms with Crippen LogP contribution in [0.2, 0.25) is 5.02 Å². The van der Waals surface area contributed by atoms with Crippen molar-refractivity contribution >= 4 is 40.5 Å². The topological polar surface area (TPSA) is 38.8 Å². The van der Waals surface area contributed by atoms with Gasteiger partial charge in [-0.15, -0.1) is 0 Å². The third-order valence-corrected chi connectivity index (χ3v) is 5.70. The Hall–Kier alpha value is -1.58. The number of anilines is 1. The zero-order chi connectivity index (χ0) is 20.3.